The van der Waals surface area contributed by atoms with Crippen molar-refractivity contribution >= 4 is 140 Å². The van der Waals surface area contributed by atoms with E-state index in [0.717, 1.165) is 68.1 Å². The number of para-hydroxylation sites is 9. The second-order valence-electron chi connectivity index (χ2n) is 29.8. The van der Waals surface area contributed by atoms with Gasteiger partial charge in [0.1, 0.15) is 5.82 Å². The van der Waals surface area contributed by atoms with Crippen LogP contribution in [-0.2, 0) is 19.3 Å². The molecule has 22 rings (SSSR count). The normalized spacial score (nSPS) is 15.3. The molecule has 1 saturated heterocycles. The van der Waals surface area contributed by atoms with E-state index in [1.54, 1.807) is 56.7 Å². The van der Waals surface area contributed by atoms with Crippen LogP contribution >= 0.6 is 82.4 Å². The lowest BCUT2D eigenvalue weighted by Crippen LogP contribution is -2.34. The molecule has 13 heterocycles. The van der Waals surface area contributed by atoms with Crippen molar-refractivity contribution in [1.82, 2.24) is 19.5 Å². The summed E-state index contributed by atoms with van der Waals surface area (Å²) in [6.07, 6.45) is 23.9. The summed E-state index contributed by atoms with van der Waals surface area (Å²) in [6, 6.07) is 76.7. The molecule has 0 unspecified atom stereocenters. The van der Waals surface area contributed by atoms with Gasteiger partial charge in [0.15, 0.2) is 15.6 Å². The average Bonchev–Trinajstić information content (AvgIpc) is 1.69. The first-order valence-corrected chi connectivity index (χ1v) is 47.0. The summed E-state index contributed by atoms with van der Waals surface area (Å²) in [5.74, 6) is 4.73. The Morgan fingerprint density at radius 2 is 1.01 bits per heavy atom. The zero-order valence-corrected chi connectivity index (χ0v) is 79.1. The van der Waals surface area contributed by atoms with Gasteiger partial charge in [-0.3, -0.25) is 4.57 Å². The fraction of sp³-hybridized carbons (Fsp3) is 0.162. The molecule has 15 nitrogen and oxygen atoms in total. The topological polar surface area (TPSA) is 115 Å². The van der Waals surface area contributed by atoms with Gasteiger partial charge in [-0.2, -0.15) is 5.16 Å². The van der Waals surface area contributed by atoms with Gasteiger partial charge in [-0.15, -0.1) is 34.9 Å². The highest BCUT2D eigenvalue weighted by Crippen LogP contribution is 2.45. The molecule has 127 heavy (non-hydrogen) atoms. The van der Waals surface area contributed by atoms with Crippen molar-refractivity contribution in [3.8, 4) is 33.7 Å². The van der Waals surface area contributed by atoms with Crippen LogP contribution in [0.15, 0.2) is 396 Å². The van der Waals surface area contributed by atoms with Gasteiger partial charge in [0.25, 0.3) is 0 Å². The fourth-order valence-corrected chi connectivity index (χ4v) is 19.3. The number of aromatic nitrogens is 2. The fourth-order valence-electron chi connectivity index (χ4n) is 14.1. The number of rotatable bonds is 2. The molecule has 2 aromatic heterocycles. The van der Waals surface area contributed by atoms with E-state index in [4.69, 9.17) is 17.0 Å². The van der Waals surface area contributed by atoms with Crippen LogP contribution < -0.4 is 49.2 Å². The summed E-state index contributed by atoms with van der Waals surface area (Å²) in [4.78, 5) is 20.4. The minimum atomic E-state index is -0.408. The highest BCUT2D eigenvalue weighted by atomic mass is 32.2. The van der Waals surface area contributed by atoms with Crippen molar-refractivity contribution in [1.29, 1.82) is 0 Å². The number of likely N-dealkylation sites (N-methyl/N-ethyl adjacent to an activating group) is 1. The summed E-state index contributed by atoms with van der Waals surface area (Å²) < 4.78 is 14.5. The van der Waals surface area contributed by atoms with Crippen LogP contribution in [0.5, 0.6) is 16.8 Å². The van der Waals surface area contributed by atoms with E-state index in [-0.39, 0.29) is 5.06 Å². The van der Waals surface area contributed by atoms with E-state index in [9.17, 15) is 10.2 Å². The maximum atomic E-state index is 11.0. The first kappa shape index (κ1) is 95.4. The molecule has 0 bridgehead atoms. The van der Waals surface area contributed by atoms with Crippen LogP contribution in [0.25, 0.3) is 34.3 Å². The van der Waals surface area contributed by atoms with Gasteiger partial charge >= 0.3 is 0 Å². The van der Waals surface area contributed by atoms with E-state index >= 15 is 0 Å². The van der Waals surface area contributed by atoms with E-state index in [1.165, 1.54) is 132 Å². The Morgan fingerprint density at radius 1 is 0.472 bits per heavy atom. The maximum Gasteiger partial charge on any atom is 0.193 e. The van der Waals surface area contributed by atoms with Crippen LogP contribution in [-0.4, -0.2) is 101 Å². The van der Waals surface area contributed by atoms with Crippen molar-refractivity contribution in [3.05, 3.63) is 424 Å². The van der Waals surface area contributed by atoms with Gasteiger partial charge < -0.3 is 63.6 Å². The number of thiazole rings is 1. The monoisotopic (exact) mass is 1810 g/mol. The highest BCUT2D eigenvalue weighted by molar-refractivity contribution is 8.27. The Hall–Kier alpha value is -12.3. The molecule has 11 aromatic rings. The molecule has 0 N–H and O–H groups in total. The number of allylic oxidation sites excluding steroid dienone is 6. The van der Waals surface area contributed by atoms with Crippen LogP contribution in [0.3, 0.4) is 0 Å². The number of fused-ring (bicyclic) bond motifs is 6. The van der Waals surface area contributed by atoms with Crippen molar-refractivity contribution in [3.63, 3.8) is 0 Å². The van der Waals surface area contributed by atoms with E-state index in [0.29, 0.717) is 15.5 Å². The lowest BCUT2D eigenvalue weighted by Gasteiger charge is -2.36. The Bertz CT molecular complexity index is 5700. The van der Waals surface area contributed by atoms with Gasteiger partial charge in [-0.25, -0.2) is 0 Å². The molecule has 22 heteroatoms. The molecule has 0 saturated carbocycles. The third kappa shape index (κ3) is 26.7. The van der Waals surface area contributed by atoms with Crippen molar-refractivity contribution in [2.24, 2.45) is 0 Å². The average molecular weight is 1810 g/mol. The molecule has 11 aliphatic rings. The first-order chi connectivity index (χ1) is 61.3. The van der Waals surface area contributed by atoms with E-state index in [1.807, 2.05) is 263 Å². The van der Waals surface area contributed by atoms with Gasteiger partial charge in [-0.05, 0) is 185 Å². The molecule has 1 fully saturated rings. The van der Waals surface area contributed by atoms with Gasteiger partial charge in [0, 0.05) is 183 Å². The molecule has 9 aromatic carbocycles. The summed E-state index contributed by atoms with van der Waals surface area (Å²) in [6.45, 7) is 37.4. The minimum absolute atomic E-state index is 0.00569. The SMILES string of the molecule is C=C1C=CN(C)C=C1.C=C1C=CN(C)c2ccccc21.C=C1Cc2ccccc2N1C.C=C1N(C)c2ccccc2N1C.C=C1Oc2ccccc2N1C.C=C1SC=CS1.C=C1SCCS1.C=C1Sc2ccccc2N1C.C=C1c2ccccc2C=CN1C.[O-]c1cc(-c2ccccc2)no1.[O-]c1cn(-c2ccccc2)c(=S)s1.c1cc2c3c(c1)CCCN3CCC2. The number of hydrogen-bond acceptors (Lipinski definition) is 21. The second-order valence-corrected chi connectivity index (χ2v) is 37.4. The predicted octanol–water partition coefficient (Wildman–Crippen LogP) is 26.2. The number of aryl methyl sites for hydroxylation is 2. The molecule has 0 atom stereocenters. The highest BCUT2D eigenvalue weighted by Gasteiger charge is 2.26. The third-order valence-corrected chi connectivity index (χ3v) is 27.6. The van der Waals surface area contributed by atoms with Crippen molar-refractivity contribution < 1.29 is 19.5 Å². The van der Waals surface area contributed by atoms with Gasteiger partial charge in [0.2, 0.25) is 0 Å². The lowest BCUT2D eigenvalue weighted by molar-refractivity contribution is -0.297. The van der Waals surface area contributed by atoms with E-state index in [2.05, 4.69) is 215 Å². The second kappa shape index (κ2) is 47.4. The predicted molar refractivity (Wildman–Crippen MR) is 553 cm³/mol. The molecular formula is C105H109N11O4S7-2. The Kier molecular flexibility index (Phi) is 35.6. The number of benzene rings is 9. The van der Waals surface area contributed by atoms with Crippen LogP contribution in [0.1, 0.15) is 46.2 Å². The minimum Gasteiger partial charge on any atom is -0.864 e. The number of ether oxygens (including phenoxy) is 1. The molecule has 0 aliphatic carbocycles. The number of nitrogens with zero attached hydrogens (tertiary/aromatic N) is 11. The van der Waals surface area contributed by atoms with Crippen LogP contribution in [0, 0.1) is 3.95 Å². The summed E-state index contributed by atoms with van der Waals surface area (Å²) in [5, 5.41) is 30.4. The largest absolute Gasteiger partial charge is 0.864 e. The Morgan fingerprint density at radius 3 is 1.55 bits per heavy atom. The quantitative estimate of drug-likeness (QED) is 0.153. The first-order valence-electron chi connectivity index (χ1n) is 41.2. The molecule has 0 spiro atoms. The molecule has 0 radical (unpaired) electrons. The smallest absolute Gasteiger partial charge is 0.193 e. The third-order valence-electron chi connectivity index (χ3n) is 21.2. The van der Waals surface area contributed by atoms with Gasteiger partial charge in [0.05, 0.1) is 39.4 Å². The number of thioether (sulfide) groups is 5. The molecule has 11 aliphatic heterocycles. The van der Waals surface area contributed by atoms with Gasteiger partial charge in [-0.1, -0.05) is 252 Å². The lowest BCUT2D eigenvalue weighted by atomic mass is 9.92. The number of anilines is 7. The van der Waals surface area contributed by atoms with Crippen LogP contribution in [0.2, 0.25) is 0 Å². The Balaban J connectivity index is 0.000000135. The molecule has 0 amide bonds. The molecule has 652 valence electrons. The summed E-state index contributed by atoms with van der Waals surface area (Å²) >= 11 is 15.0. The zero-order valence-electron chi connectivity index (χ0n) is 73.4. The van der Waals surface area contributed by atoms with Crippen molar-refractivity contribution in [2.75, 3.05) is 115 Å². The zero-order chi connectivity index (χ0) is 90.5. The molecular weight excluding hydrogens is 1700 g/mol. The standard InChI is InChI=1S/C12H15N.2C11H11N.C10H12N2.C10H11N.C9H7NO2.C9H7NOS2.C9H9NO.C9H9NS.C7H9N.C4H6S2.C4H4S2/c1-4-10-6-2-8-13-9-3-7-11(5-1)12(10)13;1-9-11-6-4-3-5-10(11)7-8-12(9)2;1-9-7-8-12(2)11-6-4-3-5-10(9)11;1-8-11(2)9-6-4-5-7-10(9)12(8)3;1-8-7-9-5-3-4-6-10(9)11(8)2;11-9-6-8(10-12-9)7-4-2-1-3-5-7;11-8-6-10(9(12)13-8)7-4-2-1-3-5-7;2*1-7-10(2)8-5-3-4-6-9(8)11-7;1-7-3-5-8(2)6-4-7;2*1-4-5-2-3-6-4/h1,4-5H,2-3,6-9H2;2*3-8H,1H2,2H3;4-7H,1H2,2-3H3;3-6H,1,7H2,2H3;1-6,11H;1-6,11H;2*3-6H,1H2,2H3;3-6H,1H2,2H3;1-3H2;2-3H,1H2/p-2. The summed E-state index contributed by atoms with van der Waals surface area (Å²) in [7, 11) is 16.1. The number of hydrogen-bond donors (Lipinski definition) is 0. The van der Waals surface area contributed by atoms with Crippen molar-refractivity contribution in [2.45, 2.75) is 37.0 Å². The Labute approximate surface area is 781 Å². The van der Waals surface area contributed by atoms with E-state index < -0.39 is 5.95 Å². The maximum absolute atomic E-state index is 11.0. The summed E-state index contributed by atoms with van der Waals surface area (Å²) in [5.41, 5.74) is 24.0. The van der Waals surface area contributed by atoms with Crippen LogP contribution in [0.4, 0.5) is 39.8 Å².